The molecule has 0 saturated carbocycles. The number of carbonyl (C=O) groups is 2. The predicted molar refractivity (Wildman–Crippen MR) is 49.5 cm³/mol. The number of carbonyl (C=O) groups excluding carboxylic acids is 2. The highest BCUT2D eigenvalue weighted by molar-refractivity contribution is 5.96. The molecule has 0 amide bonds. The average Bonchev–Trinajstić information content (AvgIpc) is 2.42. The molecule has 1 heterocycles. The van der Waals surface area contributed by atoms with Gasteiger partial charge in [0, 0.05) is 6.08 Å². The maximum absolute atomic E-state index is 11.6. The fourth-order valence-corrected chi connectivity index (χ4v) is 1.52. The Morgan fingerprint density at radius 2 is 2.21 bits per heavy atom. The first-order valence-electron chi connectivity index (χ1n) is 4.65. The third-order valence-electron chi connectivity index (χ3n) is 2.35. The van der Waals surface area contributed by atoms with Gasteiger partial charge in [-0.2, -0.15) is 0 Å². The number of esters is 2. The van der Waals surface area contributed by atoms with Gasteiger partial charge in [-0.15, -0.1) is 0 Å². The molecule has 0 aromatic rings. The summed E-state index contributed by atoms with van der Waals surface area (Å²) in [6.45, 7) is 5.49. The molecule has 1 unspecified atom stereocenters. The normalized spacial score (nSPS) is 25.6. The summed E-state index contributed by atoms with van der Waals surface area (Å²) < 4.78 is 9.90. The van der Waals surface area contributed by atoms with E-state index < -0.39 is 17.5 Å². The zero-order valence-electron chi connectivity index (χ0n) is 8.62. The van der Waals surface area contributed by atoms with Gasteiger partial charge in [0.2, 0.25) is 5.60 Å². The van der Waals surface area contributed by atoms with E-state index in [1.165, 1.54) is 6.08 Å². The predicted octanol–water partition coefficient (Wildman–Crippen LogP) is 1.20. The third kappa shape index (κ3) is 1.52. The number of rotatable bonds is 3. The van der Waals surface area contributed by atoms with Gasteiger partial charge in [0.05, 0.1) is 6.61 Å². The minimum absolute atomic E-state index is 0.283. The molecule has 1 aliphatic heterocycles. The Balaban J connectivity index is 2.94. The topological polar surface area (TPSA) is 52.6 Å². The fourth-order valence-electron chi connectivity index (χ4n) is 1.52. The largest absolute Gasteiger partial charge is 0.463 e. The molecule has 0 saturated heterocycles. The van der Waals surface area contributed by atoms with Crippen molar-refractivity contribution in [3.05, 3.63) is 11.6 Å². The van der Waals surface area contributed by atoms with E-state index in [4.69, 9.17) is 9.47 Å². The van der Waals surface area contributed by atoms with Crippen molar-refractivity contribution in [1.29, 1.82) is 0 Å². The zero-order chi connectivity index (χ0) is 10.8. The molecule has 0 spiro atoms. The van der Waals surface area contributed by atoms with Crippen molar-refractivity contribution in [2.45, 2.75) is 32.8 Å². The third-order valence-corrected chi connectivity index (χ3v) is 2.35. The minimum Gasteiger partial charge on any atom is -0.463 e. The first kappa shape index (κ1) is 10.8. The van der Waals surface area contributed by atoms with E-state index in [-0.39, 0.29) is 6.61 Å². The second-order valence-corrected chi connectivity index (χ2v) is 3.15. The Labute approximate surface area is 82.9 Å². The lowest BCUT2D eigenvalue weighted by Crippen LogP contribution is -2.41. The lowest BCUT2D eigenvalue weighted by Gasteiger charge is -2.25. The Bertz CT molecular complexity index is 292. The van der Waals surface area contributed by atoms with Crippen LogP contribution in [0.15, 0.2) is 11.6 Å². The van der Waals surface area contributed by atoms with Gasteiger partial charge in [0.1, 0.15) is 0 Å². The maximum Gasteiger partial charge on any atom is 0.355 e. The summed E-state index contributed by atoms with van der Waals surface area (Å²) in [6, 6.07) is 0. The fraction of sp³-hybridized carbons (Fsp3) is 0.600. The highest BCUT2D eigenvalue weighted by atomic mass is 16.6. The lowest BCUT2D eigenvalue weighted by atomic mass is 9.93. The van der Waals surface area contributed by atoms with Crippen molar-refractivity contribution < 1.29 is 19.1 Å². The molecule has 4 heteroatoms. The molecule has 78 valence electrons. The van der Waals surface area contributed by atoms with Crippen molar-refractivity contribution in [3.8, 4) is 0 Å². The maximum atomic E-state index is 11.6. The molecule has 0 aliphatic carbocycles. The van der Waals surface area contributed by atoms with Gasteiger partial charge in [-0.1, -0.05) is 6.92 Å². The first-order chi connectivity index (χ1) is 6.56. The summed E-state index contributed by atoms with van der Waals surface area (Å²) in [7, 11) is 0. The summed E-state index contributed by atoms with van der Waals surface area (Å²) in [4.78, 5) is 22.6. The Morgan fingerprint density at radius 1 is 1.57 bits per heavy atom. The van der Waals surface area contributed by atoms with Crippen molar-refractivity contribution in [2.75, 3.05) is 6.61 Å². The van der Waals surface area contributed by atoms with Gasteiger partial charge >= 0.3 is 11.9 Å². The zero-order valence-corrected chi connectivity index (χ0v) is 8.62. The van der Waals surface area contributed by atoms with E-state index >= 15 is 0 Å². The van der Waals surface area contributed by atoms with Crippen molar-refractivity contribution in [1.82, 2.24) is 0 Å². The highest BCUT2D eigenvalue weighted by Gasteiger charge is 2.47. The Hall–Kier alpha value is -1.32. The molecule has 1 aliphatic rings. The average molecular weight is 198 g/mol. The van der Waals surface area contributed by atoms with Crippen LogP contribution in [0.25, 0.3) is 0 Å². The van der Waals surface area contributed by atoms with E-state index in [1.54, 1.807) is 20.8 Å². The smallest absolute Gasteiger partial charge is 0.355 e. The molecule has 0 N–H and O–H groups in total. The van der Waals surface area contributed by atoms with Gasteiger partial charge in [-0.3, -0.25) is 0 Å². The number of cyclic esters (lactones) is 1. The van der Waals surface area contributed by atoms with Crippen LogP contribution in [-0.4, -0.2) is 24.1 Å². The van der Waals surface area contributed by atoms with Crippen LogP contribution in [0, 0.1) is 0 Å². The summed E-state index contributed by atoms with van der Waals surface area (Å²) >= 11 is 0. The molecule has 1 rings (SSSR count). The summed E-state index contributed by atoms with van der Waals surface area (Å²) in [6.07, 6.45) is 1.74. The molecule has 0 fully saturated rings. The van der Waals surface area contributed by atoms with Crippen LogP contribution >= 0.6 is 0 Å². The van der Waals surface area contributed by atoms with Crippen LogP contribution < -0.4 is 0 Å². The molecule has 0 aromatic heterocycles. The van der Waals surface area contributed by atoms with Gasteiger partial charge in [-0.25, -0.2) is 9.59 Å². The van der Waals surface area contributed by atoms with Crippen LogP contribution in [0.3, 0.4) is 0 Å². The standard InChI is InChI=1S/C10H14O4/c1-4-10(9(12)13-5-2)7(3)6-8(11)14-10/h6H,4-5H2,1-3H3. The summed E-state index contributed by atoms with van der Waals surface area (Å²) in [5, 5.41) is 0. The minimum atomic E-state index is -1.17. The molecule has 4 nitrogen and oxygen atoms in total. The molecular weight excluding hydrogens is 184 g/mol. The van der Waals surface area contributed by atoms with Crippen LogP contribution in [0.2, 0.25) is 0 Å². The monoisotopic (exact) mass is 198 g/mol. The van der Waals surface area contributed by atoms with Gasteiger partial charge in [-0.05, 0) is 25.8 Å². The molecule has 14 heavy (non-hydrogen) atoms. The van der Waals surface area contributed by atoms with Crippen LogP contribution in [0.1, 0.15) is 27.2 Å². The van der Waals surface area contributed by atoms with E-state index in [0.717, 1.165) is 0 Å². The lowest BCUT2D eigenvalue weighted by molar-refractivity contribution is -0.172. The quantitative estimate of drug-likeness (QED) is 0.639. The van der Waals surface area contributed by atoms with Gasteiger partial charge in [0.25, 0.3) is 0 Å². The summed E-state index contributed by atoms with van der Waals surface area (Å²) in [5.41, 5.74) is -0.559. The van der Waals surface area contributed by atoms with E-state index in [0.29, 0.717) is 12.0 Å². The first-order valence-corrected chi connectivity index (χ1v) is 4.65. The van der Waals surface area contributed by atoms with Crippen molar-refractivity contribution >= 4 is 11.9 Å². The SMILES string of the molecule is CCOC(=O)C1(CC)OC(=O)C=C1C. The van der Waals surface area contributed by atoms with E-state index in [1.807, 2.05) is 0 Å². The number of hydrogen-bond acceptors (Lipinski definition) is 4. The van der Waals surface area contributed by atoms with Crippen molar-refractivity contribution in [2.24, 2.45) is 0 Å². The molecule has 0 bridgehead atoms. The van der Waals surface area contributed by atoms with E-state index in [9.17, 15) is 9.59 Å². The molecule has 0 aromatic carbocycles. The van der Waals surface area contributed by atoms with Crippen LogP contribution in [-0.2, 0) is 19.1 Å². The van der Waals surface area contributed by atoms with Gasteiger partial charge in [0.15, 0.2) is 0 Å². The number of hydrogen-bond donors (Lipinski definition) is 0. The molecular formula is C10H14O4. The van der Waals surface area contributed by atoms with Crippen LogP contribution in [0.5, 0.6) is 0 Å². The Kier molecular flexibility index (Phi) is 2.93. The highest BCUT2D eigenvalue weighted by Crippen LogP contribution is 2.32. The van der Waals surface area contributed by atoms with E-state index in [2.05, 4.69) is 0 Å². The van der Waals surface area contributed by atoms with Crippen LogP contribution in [0.4, 0.5) is 0 Å². The molecule has 1 atom stereocenters. The number of ether oxygens (including phenoxy) is 2. The second kappa shape index (κ2) is 3.82. The second-order valence-electron chi connectivity index (χ2n) is 3.15. The van der Waals surface area contributed by atoms with Gasteiger partial charge < -0.3 is 9.47 Å². The Morgan fingerprint density at radius 3 is 2.57 bits per heavy atom. The van der Waals surface area contributed by atoms with Crippen molar-refractivity contribution in [3.63, 3.8) is 0 Å². The summed E-state index contributed by atoms with van der Waals surface area (Å²) in [5.74, 6) is -0.959. The molecule has 0 radical (unpaired) electrons.